The third kappa shape index (κ3) is 2.81. The average molecular weight is 290 g/mol. The van der Waals surface area contributed by atoms with Crippen LogP contribution in [-0.4, -0.2) is 0 Å². The van der Waals surface area contributed by atoms with E-state index in [1.807, 2.05) is 0 Å². The molecule has 2 aromatic rings. The van der Waals surface area contributed by atoms with Gasteiger partial charge in [0.05, 0.1) is 16.3 Å². The van der Waals surface area contributed by atoms with Gasteiger partial charge in [0.25, 0.3) is 0 Å². The molecule has 19 heavy (non-hydrogen) atoms. The fraction of sp³-hybridized carbons (Fsp3) is 0.0769. The summed E-state index contributed by atoms with van der Waals surface area (Å²) in [5.41, 5.74) is 5.66. The predicted molar refractivity (Wildman–Crippen MR) is 66.3 cm³/mol. The SMILES string of the molecule is Nc1c(Cl)cc(F)cc1-c1ccc(C(F)(F)F)cc1. The second kappa shape index (κ2) is 4.74. The van der Waals surface area contributed by atoms with Crippen LogP contribution in [0.3, 0.4) is 0 Å². The monoisotopic (exact) mass is 289 g/mol. The zero-order valence-electron chi connectivity index (χ0n) is 9.43. The van der Waals surface area contributed by atoms with Crippen LogP contribution in [0.1, 0.15) is 5.56 Å². The van der Waals surface area contributed by atoms with E-state index >= 15 is 0 Å². The summed E-state index contributed by atoms with van der Waals surface area (Å²) in [6, 6.07) is 6.45. The maximum Gasteiger partial charge on any atom is 0.416 e. The first-order chi connectivity index (χ1) is 8.79. The molecular formula is C13H8ClF4N. The third-order valence-electron chi connectivity index (χ3n) is 2.62. The number of halogens is 5. The van der Waals surface area contributed by atoms with Crippen molar-refractivity contribution in [2.45, 2.75) is 6.18 Å². The van der Waals surface area contributed by atoms with Crippen LogP contribution in [-0.2, 0) is 6.18 Å². The average Bonchev–Trinajstić information content (AvgIpc) is 2.33. The molecule has 0 fully saturated rings. The second-order valence-electron chi connectivity index (χ2n) is 3.92. The zero-order chi connectivity index (χ0) is 14.2. The quantitative estimate of drug-likeness (QED) is 0.595. The van der Waals surface area contributed by atoms with Gasteiger partial charge in [-0.2, -0.15) is 13.2 Å². The smallest absolute Gasteiger partial charge is 0.397 e. The molecule has 6 heteroatoms. The third-order valence-corrected chi connectivity index (χ3v) is 2.93. The van der Waals surface area contributed by atoms with Crippen molar-refractivity contribution in [3.05, 3.63) is 52.8 Å². The molecule has 0 aromatic heterocycles. The van der Waals surface area contributed by atoms with Crippen LogP contribution in [0, 0.1) is 5.82 Å². The standard InChI is InChI=1S/C13H8ClF4N/c14-11-6-9(15)5-10(12(11)19)7-1-3-8(4-2-7)13(16,17)18/h1-6H,19H2. The van der Waals surface area contributed by atoms with Crippen molar-refractivity contribution in [1.29, 1.82) is 0 Å². The molecule has 0 aliphatic carbocycles. The van der Waals surface area contributed by atoms with Gasteiger partial charge in [0.15, 0.2) is 0 Å². The lowest BCUT2D eigenvalue weighted by Crippen LogP contribution is -2.04. The predicted octanol–water partition coefficient (Wildman–Crippen LogP) is 4.75. The van der Waals surface area contributed by atoms with E-state index in [1.165, 1.54) is 12.1 Å². The summed E-state index contributed by atoms with van der Waals surface area (Å²) in [5, 5.41) is 0.0231. The van der Waals surface area contributed by atoms with Gasteiger partial charge in [-0.1, -0.05) is 23.7 Å². The Labute approximate surface area is 111 Å². The van der Waals surface area contributed by atoms with Crippen molar-refractivity contribution in [1.82, 2.24) is 0 Å². The first-order valence-electron chi connectivity index (χ1n) is 5.21. The van der Waals surface area contributed by atoms with Gasteiger partial charge in [-0.25, -0.2) is 4.39 Å². The van der Waals surface area contributed by atoms with E-state index in [0.717, 1.165) is 24.3 Å². The fourth-order valence-electron chi connectivity index (χ4n) is 1.66. The summed E-state index contributed by atoms with van der Waals surface area (Å²) >= 11 is 5.73. The molecule has 2 aromatic carbocycles. The van der Waals surface area contributed by atoms with E-state index in [9.17, 15) is 17.6 Å². The minimum absolute atomic E-state index is 0.0231. The number of nitrogen functional groups attached to an aromatic ring is 1. The highest BCUT2D eigenvalue weighted by Crippen LogP contribution is 2.35. The molecule has 0 unspecified atom stereocenters. The Morgan fingerprint density at radius 3 is 2.11 bits per heavy atom. The van der Waals surface area contributed by atoms with Crippen LogP contribution in [0.4, 0.5) is 23.2 Å². The second-order valence-corrected chi connectivity index (χ2v) is 4.33. The van der Waals surface area contributed by atoms with Crippen molar-refractivity contribution in [2.24, 2.45) is 0 Å². The van der Waals surface area contributed by atoms with Gasteiger partial charge in [0, 0.05) is 5.56 Å². The van der Waals surface area contributed by atoms with Gasteiger partial charge in [0.1, 0.15) is 5.82 Å². The highest BCUT2D eigenvalue weighted by molar-refractivity contribution is 6.33. The van der Waals surface area contributed by atoms with E-state index in [0.29, 0.717) is 5.56 Å². The summed E-state index contributed by atoms with van der Waals surface area (Å²) in [7, 11) is 0. The van der Waals surface area contributed by atoms with Gasteiger partial charge < -0.3 is 5.73 Å². The Hall–Kier alpha value is -1.75. The Bertz CT molecular complexity index is 605. The summed E-state index contributed by atoms with van der Waals surface area (Å²) in [6.45, 7) is 0. The van der Waals surface area contributed by atoms with E-state index < -0.39 is 17.6 Å². The number of hydrogen-bond acceptors (Lipinski definition) is 1. The Morgan fingerprint density at radius 1 is 1.00 bits per heavy atom. The van der Waals surface area contributed by atoms with E-state index in [2.05, 4.69) is 0 Å². The maximum atomic E-state index is 13.2. The number of hydrogen-bond donors (Lipinski definition) is 1. The van der Waals surface area contributed by atoms with E-state index in [4.69, 9.17) is 17.3 Å². The number of anilines is 1. The van der Waals surface area contributed by atoms with Gasteiger partial charge in [-0.05, 0) is 29.8 Å². The molecule has 0 spiro atoms. The van der Waals surface area contributed by atoms with E-state index in [1.54, 1.807) is 0 Å². The molecule has 0 bridgehead atoms. The van der Waals surface area contributed by atoms with Crippen molar-refractivity contribution in [3.8, 4) is 11.1 Å². The summed E-state index contributed by atoms with van der Waals surface area (Å²) < 4.78 is 50.5. The summed E-state index contributed by atoms with van der Waals surface area (Å²) in [6.07, 6.45) is -4.41. The fourth-order valence-corrected chi connectivity index (χ4v) is 1.87. The Kier molecular flexibility index (Phi) is 3.41. The van der Waals surface area contributed by atoms with Crippen LogP contribution < -0.4 is 5.73 Å². The minimum atomic E-state index is -4.41. The topological polar surface area (TPSA) is 26.0 Å². The molecule has 100 valence electrons. The lowest BCUT2D eigenvalue weighted by Gasteiger charge is -2.10. The van der Waals surface area contributed by atoms with Crippen molar-refractivity contribution in [3.63, 3.8) is 0 Å². The molecule has 0 saturated carbocycles. The number of alkyl halides is 3. The van der Waals surface area contributed by atoms with Gasteiger partial charge >= 0.3 is 6.18 Å². The van der Waals surface area contributed by atoms with Crippen LogP contribution in [0.25, 0.3) is 11.1 Å². The van der Waals surface area contributed by atoms with Crippen molar-refractivity contribution in [2.75, 3.05) is 5.73 Å². The van der Waals surface area contributed by atoms with Crippen LogP contribution in [0.2, 0.25) is 5.02 Å². The van der Waals surface area contributed by atoms with Gasteiger partial charge in [0.2, 0.25) is 0 Å². The zero-order valence-corrected chi connectivity index (χ0v) is 10.2. The van der Waals surface area contributed by atoms with Crippen molar-refractivity contribution < 1.29 is 17.6 Å². The maximum absolute atomic E-state index is 13.2. The molecule has 0 atom stereocenters. The number of rotatable bonds is 1. The van der Waals surface area contributed by atoms with Gasteiger partial charge in [-0.3, -0.25) is 0 Å². The normalized spacial score (nSPS) is 11.6. The van der Waals surface area contributed by atoms with Crippen LogP contribution in [0.15, 0.2) is 36.4 Å². The van der Waals surface area contributed by atoms with E-state index in [-0.39, 0.29) is 16.3 Å². The lowest BCUT2D eigenvalue weighted by molar-refractivity contribution is -0.137. The van der Waals surface area contributed by atoms with Crippen molar-refractivity contribution >= 4 is 17.3 Å². The number of benzene rings is 2. The molecular weight excluding hydrogens is 282 g/mol. The summed E-state index contributed by atoms with van der Waals surface area (Å²) in [5.74, 6) is -0.603. The first kappa shape index (κ1) is 13.7. The molecule has 0 aliphatic rings. The molecule has 2 rings (SSSR count). The van der Waals surface area contributed by atoms with Gasteiger partial charge in [-0.15, -0.1) is 0 Å². The molecule has 0 amide bonds. The molecule has 1 nitrogen and oxygen atoms in total. The highest BCUT2D eigenvalue weighted by atomic mass is 35.5. The molecule has 0 heterocycles. The Morgan fingerprint density at radius 2 is 1.58 bits per heavy atom. The largest absolute Gasteiger partial charge is 0.416 e. The first-order valence-corrected chi connectivity index (χ1v) is 5.59. The lowest BCUT2D eigenvalue weighted by atomic mass is 10.0. The molecule has 0 saturated heterocycles. The molecule has 0 aliphatic heterocycles. The molecule has 2 N–H and O–H groups in total. The number of nitrogens with two attached hydrogens (primary N) is 1. The Balaban J connectivity index is 2.49. The minimum Gasteiger partial charge on any atom is -0.397 e. The van der Waals surface area contributed by atoms with Crippen LogP contribution >= 0.6 is 11.6 Å². The highest BCUT2D eigenvalue weighted by Gasteiger charge is 2.30. The summed E-state index contributed by atoms with van der Waals surface area (Å²) in [4.78, 5) is 0. The van der Waals surface area contributed by atoms with Crippen LogP contribution in [0.5, 0.6) is 0 Å². The molecule has 0 radical (unpaired) electrons.